The van der Waals surface area contributed by atoms with Gasteiger partial charge in [0.15, 0.2) is 11.9 Å². The standard InChI is InChI=1S/C14H20N2O5/c1-3-7-15-9-10-5-6-11(16(19)20)13(8-10)21-12(4-2)14(17)18/h5-6,8,12,15H,3-4,7,9H2,1-2H3,(H,17,18). The number of nitro benzene ring substituents is 1. The van der Waals surface area contributed by atoms with Crippen LogP contribution in [0.1, 0.15) is 32.3 Å². The van der Waals surface area contributed by atoms with Gasteiger partial charge in [-0.15, -0.1) is 0 Å². The third-order valence-corrected chi connectivity index (χ3v) is 2.89. The number of nitro groups is 1. The fourth-order valence-electron chi connectivity index (χ4n) is 1.78. The van der Waals surface area contributed by atoms with Gasteiger partial charge in [0.1, 0.15) is 0 Å². The van der Waals surface area contributed by atoms with Gasteiger partial charge in [0.25, 0.3) is 0 Å². The Bertz CT molecular complexity index is 504. The maximum Gasteiger partial charge on any atom is 0.344 e. The average molecular weight is 296 g/mol. The second-order valence-corrected chi connectivity index (χ2v) is 4.59. The lowest BCUT2D eigenvalue weighted by atomic mass is 10.1. The summed E-state index contributed by atoms with van der Waals surface area (Å²) in [4.78, 5) is 21.4. The molecule has 1 unspecified atom stereocenters. The van der Waals surface area contributed by atoms with E-state index >= 15 is 0 Å². The minimum absolute atomic E-state index is 0.00921. The van der Waals surface area contributed by atoms with E-state index < -0.39 is 17.0 Å². The van der Waals surface area contributed by atoms with Crippen molar-refractivity contribution in [3.05, 3.63) is 33.9 Å². The molecule has 1 aromatic carbocycles. The molecule has 7 nitrogen and oxygen atoms in total. The average Bonchev–Trinajstić information content (AvgIpc) is 2.44. The van der Waals surface area contributed by atoms with Crippen molar-refractivity contribution >= 4 is 11.7 Å². The first-order chi connectivity index (χ1) is 9.99. The molecule has 21 heavy (non-hydrogen) atoms. The molecule has 7 heteroatoms. The molecular weight excluding hydrogens is 276 g/mol. The van der Waals surface area contributed by atoms with Crippen LogP contribution >= 0.6 is 0 Å². The first-order valence-electron chi connectivity index (χ1n) is 6.87. The first kappa shape index (κ1) is 16.9. The summed E-state index contributed by atoms with van der Waals surface area (Å²) in [6.07, 6.45) is 0.112. The summed E-state index contributed by atoms with van der Waals surface area (Å²) >= 11 is 0. The summed E-state index contributed by atoms with van der Waals surface area (Å²) in [6.45, 7) is 5.07. The largest absolute Gasteiger partial charge is 0.479 e. The number of ether oxygens (including phenoxy) is 1. The zero-order valence-electron chi connectivity index (χ0n) is 12.2. The highest BCUT2D eigenvalue weighted by molar-refractivity contribution is 5.73. The molecule has 0 spiro atoms. The Morgan fingerprint density at radius 1 is 1.48 bits per heavy atom. The highest BCUT2D eigenvalue weighted by Crippen LogP contribution is 2.29. The lowest BCUT2D eigenvalue weighted by Gasteiger charge is -2.14. The number of carboxylic acids is 1. The molecule has 0 aliphatic carbocycles. The third kappa shape index (κ3) is 5.03. The smallest absolute Gasteiger partial charge is 0.344 e. The minimum Gasteiger partial charge on any atom is -0.479 e. The predicted octanol–water partition coefficient (Wildman–Crippen LogP) is 2.34. The van der Waals surface area contributed by atoms with Gasteiger partial charge in [-0.05, 0) is 31.0 Å². The van der Waals surface area contributed by atoms with E-state index in [4.69, 9.17) is 9.84 Å². The molecule has 2 N–H and O–H groups in total. The number of hydrogen-bond acceptors (Lipinski definition) is 5. The van der Waals surface area contributed by atoms with Crippen molar-refractivity contribution in [2.45, 2.75) is 39.3 Å². The van der Waals surface area contributed by atoms with Gasteiger partial charge in [-0.1, -0.05) is 19.9 Å². The summed E-state index contributed by atoms with van der Waals surface area (Å²) in [5.41, 5.74) is 0.582. The third-order valence-electron chi connectivity index (χ3n) is 2.89. The van der Waals surface area contributed by atoms with Crippen molar-refractivity contribution in [2.24, 2.45) is 0 Å². The Hall–Kier alpha value is -2.15. The molecule has 0 heterocycles. The van der Waals surface area contributed by atoms with Crippen LogP contribution < -0.4 is 10.1 Å². The zero-order valence-corrected chi connectivity index (χ0v) is 12.2. The van der Waals surface area contributed by atoms with E-state index in [2.05, 4.69) is 5.32 Å². The van der Waals surface area contributed by atoms with Crippen molar-refractivity contribution in [1.82, 2.24) is 5.32 Å². The van der Waals surface area contributed by atoms with Gasteiger partial charge in [0.05, 0.1) is 4.92 Å². The molecule has 0 aliphatic rings. The van der Waals surface area contributed by atoms with Crippen molar-refractivity contribution in [2.75, 3.05) is 6.54 Å². The Kier molecular flexibility index (Phi) is 6.61. The van der Waals surface area contributed by atoms with E-state index in [1.54, 1.807) is 13.0 Å². The van der Waals surface area contributed by atoms with Crippen molar-refractivity contribution in [3.63, 3.8) is 0 Å². The van der Waals surface area contributed by atoms with Gasteiger partial charge >= 0.3 is 11.7 Å². The highest BCUT2D eigenvalue weighted by Gasteiger charge is 2.23. The number of rotatable bonds is 9. The topological polar surface area (TPSA) is 102 Å². The van der Waals surface area contributed by atoms with Crippen molar-refractivity contribution in [1.29, 1.82) is 0 Å². The lowest BCUT2D eigenvalue weighted by Crippen LogP contribution is -2.26. The molecule has 0 radical (unpaired) electrons. The number of benzene rings is 1. The van der Waals surface area contributed by atoms with Crippen LogP contribution in [-0.2, 0) is 11.3 Å². The number of hydrogen-bond donors (Lipinski definition) is 2. The van der Waals surface area contributed by atoms with Crippen LogP contribution in [0.15, 0.2) is 18.2 Å². The Balaban J connectivity index is 2.98. The van der Waals surface area contributed by atoms with E-state index in [0.717, 1.165) is 18.5 Å². The fraction of sp³-hybridized carbons (Fsp3) is 0.500. The zero-order chi connectivity index (χ0) is 15.8. The highest BCUT2D eigenvalue weighted by atomic mass is 16.6. The summed E-state index contributed by atoms with van der Waals surface area (Å²) < 4.78 is 5.30. The Morgan fingerprint density at radius 2 is 2.19 bits per heavy atom. The van der Waals surface area contributed by atoms with E-state index in [1.165, 1.54) is 12.1 Å². The van der Waals surface area contributed by atoms with E-state index in [-0.39, 0.29) is 17.9 Å². The number of carbonyl (C=O) groups is 1. The van der Waals surface area contributed by atoms with Crippen LogP contribution in [0.4, 0.5) is 5.69 Å². The molecule has 1 aromatic rings. The molecule has 0 saturated heterocycles. The van der Waals surface area contributed by atoms with E-state index in [9.17, 15) is 14.9 Å². The van der Waals surface area contributed by atoms with Gasteiger partial charge in [0.2, 0.25) is 0 Å². The van der Waals surface area contributed by atoms with Gasteiger partial charge < -0.3 is 15.2 Å². The van der Waals surface area contributed by atoms with Gasteiger partial charge in [-0.25, -0.2) is 4.79 Å². The second-order valence-electron chi connectivity index (χ2n) is 4.59. The van der Waals surface area contributed by atoms with E-state index in [0.29, 0.717) is 6.54 Å². The normalized spacial score (nSPS) is 11.9. The monoisotopic (exact) mass is 296 g/mol. The number of aliphatic carboxylic acids is 1. The molecule has 0 saturated carbocycles. The van der Waals surface area contributed by atoms with Crippen LogP contribution in [0.25, 0.3) is 0 Å². The molecule has 0 amide bonds. The Morgan fingerprint density at radius 3 is 2.71 bits per heavy atom. The van der Waals surface area contributed by atoms with Crippen molar-refractivity contribution < 1.29 is 19.6 Å². The van der Waals surface area contributed by atoms with Crippen molar-refractivity contribution in [3.8, 4) is 5.75 Å². The van der Waals surface area contributed by atoms with Gasteiger partial charge in [-0.3, -0.25) is 10.1 Å². The molecule has 1 rings (SSSR count). The maximum atomic E-state index is 11.0. The summed E-state index contributed by atoms with van der Waals surface area (Å²) in [7, 11) is 0. The molecular formula is C14H20N2O5. The first-order valence-corrected chi connectivity index (χ1v) is 6.87. The van der Waals surface area contributed by atoms with Gasteiger partial charge in [0, 0.05) is 12.6 Å². The van der Waals surface area contributed by atoms with Crippen LogP contribution in [0.2, 0.25) is 0 Å². The number of nitrogens with one attached hydrogen (secondary N) is 1. The summed E-state index contributed by atoms with van der Waals surface area (Å²) in [6, 6.07) is 4.49. The molecule has 116 valence electrons. The number of carboxylic acid groups (broad SMARTS) is 1. The van der Waals surface area contributed by atoms with Gasteiger partial charge in [-0.2, -0.15) is 0 Å². The quantitative estimate of drug-likeness (QED) is 0.412. The second kappa shape index (κ2) is 8.21. The molecule has 0 aromatic heterocycles. The summed E-state index contributed by atoms with van der Waals surface area (Å²) in [5.74, 6) is -1.15. The fourth-order valence-corrected chi connectivity index (χ4v) is 1.78. The molecule has 0 fully saturated rings. The molecule has 1 atom stereocenters. The predicted molar refractivity (Wildman–Crippen MR) is 77.4 cm³/mol. The SMILES string of the molecule is CCCNCc1ccc([N+](=O)[O-])c(OC(CC)C(=O)O)c1. The summed E-state index contributed by atoms with van der Waals surface area (Å²) in [5, 5.41) is 23.2. The maximum absolute atomic E-state index is 11.0. The van der Waals surface area contributed by atoms with Crippen LogP contribution in [0.5, 0.6) is 5.75 Å². The van der Waals surface area contributed by atoms with Crippen LogP contribution in [0, 0.1) is 10.1 Å². The lowest BCUT2D eigenvalue weighted by molar-refractivity contribution is -0.386. The number of nitrogens with zero attached hydrogens (tertiary/aromatic N) is 1. The van der Waals surface area contributed by atoms with Crippen LogP contribution in [0.3, 0.4) is 0 Å². The van der Waals surface area contributed by atoms with Crippen LogP contribution in [-0.4, -0.2) is 28.6 Å². The van der Waals surface area contributed by atoms with E-state index in [1.807, 2.05) is 6.92 Å². The Labute approximate surface area is 123 Å². The molecule has 0 bridgehead atoms. The molecule has 0 aliphatic heterocycles. The minimum atomic E-state index is -1.14.